The number of carbonyl (C=O) groups is 1. The van der Waals surface area contributed by atoms with Crippen molar-refractivity contribution in [3.8, 4) is 11.8 Å². The molecule has 0 aliphatic rings. The minimum absolute atomic E-state index is 0.194. The summed E-state index contributed by atoms with van der Waals surface area (Å²) in [5.74, 6) is 4.89. The topological polar surface area (TPSA) is 95.5 Å². The number of benzene rings is 2. The van der Waals surface area contributed by atoms with Crippen LogP contribution in [-0.2, 0) is 14.8 Å². The molecule has 3 N–H and O–H groups in total. The van der Waals surface area contributed by atoms with Crippen LogP contribution in [0, 0.1) is 18.8 Å². The highest BCUT2D eigenvalue weighted by atomic mass is 32.2. The second-order valence-corrected chi connectivity index (χ2v) is 7.13. The molecule has 0 unspecified atom stereocenters. The predicted molar refractivity (Wildman–Crippen MR) is 103 cm³/mol. The smallest absolute Gasteiger partial charge is 0.267 e. The van der Waals surface area contributed by atoms with E-state index < -0.39 is 15.9 Å². The lowest BCUT2D eigenvalue weighted by Crippen LogP contribution is -2.17. The summed E-state index contributed by atoms with van der Waals surface area (Å²) in [7, 11) is -3.59. The molecule has 0 aromatic heterocycles. The van der Waals surface area contributed by atoms with E-state index in [1.54, 1.807) is 30.3 Å². The zero-order chi connectivity index (χ0) is 19.7. The van der Waals surface area contributed by atoms with Crippen LogP contribution in [0.2, 0.25) is 0 Å². The number of amides is 1. The molecule has 0 aliphatic carbocycles. The van der Waals surface area contributed by atoms with Gasteiger partial charge in [0, 0.05) is 17.8 Å². The number of carbonyl (C=O) groups excluding carboxylic acids is 1. The number of rotatable bonds is 5. The van der Waals surface area contributed by atoms with Crippen molar-refractivity contribution in [1.29, 1.82) is 0 Å². The Kier molecular flexibility index (Phi) is 6.94. The van der Waals surface area contributed by atoms with E-state index in [-0.39, 0.29) is 4.90 Å². The van der Waals surface area contributed by atoms with Crippen LogP contribution in [0.15, 0.2) is 71.8 Å². The zero-order valence-corrected chi connectivity index (χ0v) is 15.3. The summed E-state index contributed by atoms with van der Waals surface area (Å²) in [5, 5.41) is 8.36. The van der Waals surface area contributed by atoms with Crippen molar-refractivity contribution < 1.29 is 18.4 Å². The van der Waals surface area contributed by atoms with E-state index in [0.29, 0.717) is 0 Å². The van der Waals surface area contributed by atoms with Gasteiger partial charge in [0.25, 0.3) is 15.9 Å². The van der Waals surface area contributed by atoms with E-state index in [2.05, 4.69) is 16.6 Å². The summed E-state index contributed by atoms with van der Waals surface area (Å²) in [4.78, 5) is 11.0. The number of hydroxylamine groups is 1. The molecule has 0 heterocycles. The highest BCUT2D eigenvalue weighted by Crippen LogP contribution is 2.13. The van der Waals surface area contributed by atoms with E-state index in [1.165, 1.54) is 29.9 Å². The van der Waals surface area contributed by atoms with Crippen molar-refractivity contribution in [1.82, 2.24) is 10.2 Å². The lowest BCUT2D eigenvalue weighted by Gasteiger charge is -2.04. The van der Waals surface area contributed by atoms with Crippen molar-refractivity contribution in [2.45, 2.75) is 11.8 Å². The van der Waals surface area contributed by atoms with Crippen molar-refractivity contribution in [3.63, 3.8) is 0 Å². The predicted octanol–water partition coefficient (Wildman–Crippen LogP) is 2.36. The van der Waals surface area contributed by atoms with Crippen LogP contribution in [0.3, 0.4) is 0 Å². The van der Waals surface area contributed by atoms with Crippen molar-refractivity contribution in [2.75, 3.05) is 0 Å². The molecule has 0 saturated heterocycles. The first-order valence-corrected chi connectivity index (χ1v) is 9.37. The van der Waals surface area contributed by atoms with E-state index in [9.17, 15) is 13.2 Å². The molecule has 2 aromatic carbocycles. The third-order valence-corrected chi connectivity index (χ3v) is 4.79. The fourth-order valence-corrected chi connectivity index (χ4v) is 3.00. The van der Waals surface area contributed by atoms with E-state index in [4.69, 9.17) is 5.21 Å². The minimum atomic E-state index is -3.59. The van der Waals surface area contributed by atoms with Gasteiger partial charge in [-0.1, -0.05) is 36.1 Å². The first-order valence-electron chi connectivity index (χ1n) is 7.89. The number of hydrogen-bond donors (Lipinski definition) is 3. The summed E-state index contributed by atoms with van der Waals surface area (Å²) >= 11 is 0. The van der Waals surface area contributed by atoms with Crippen molar-refractivity contribution in [2.24, 2.45) is 0 Å². The average molecular weight is 382 g/mol. The molecule has 0 bridgehead atoms. The SMILES string of the molecule is Cc1cc(C#C/C=C/C(=O)NO)ccc1/C=C\NS(=O)(=O)c1ccccc1. The lowest BCUT2D eigenvalue weighted by molar-refractivity contribution is -0.124. The fourth-order valence-electron chi connectivity index (χ4n) is 2.10. The molecule has 2 rings (SSSR count). The van der Waals surface area contributed by atoms with E-state index >= 15 is 0 Å². The number of hydrogen-bond acceptors (Lipinski definition) is 4. The molecular weight excluding hydrogens is 364 g/mol. The Morgan fingerprint density at radius 3 is 2.56 bits per heavy atom. The van der Waals surface area contributed by atoms with Gasteiger partial charge in [-0.2, -0.15) is 0 Å². The van der Waals surface area contributed by atoms with Crippen molar-refractivity contribution in [3.05, 3.63) is 83.6 Å². The van der Waals surface area contributed by atoms with E-state index in [1.807, 2.05) is 19.1 Å². The van der Waals surface area contributed by atoms with Gasteiger partial charge in [-0.25, -0.2) is 13.9 Å². The average Bonchev–Trinajstić information content (AvgIpc) is 2.67. The highest BCUT2D eigenvalue weighted by molar-refractivity contribution is 7.89. The van der Waals surface area contributed by atoms with Gasteiger partial charge in [0.15, 0.2) is 0 Å². The molecule has 0 radical (unpaired) electrons. The van der Waals surface area contributed by atoms with Gasteiger partial charge in [0.2, 0.25) is 0 Å². The Balaban J connectivity index is 2.06. The molecule has 1 amide bonds. The Bertz CT molecular complexity index is 1030. The van der Waals surface area contributed by atoms with Crippen LogP contribution in [0.25, 0.3) is 6.08 Å². The Hall–Kier alpha value is -3.34. The van der Waals surface area contributed by atoms with Gasteiger partial charge in [0.05, 0.1) is 4.90 Å². The van der Waals surface area contributed by atoms with Crippen LogP contribution < -0.4 is 10.2 Å². The first-order chi connectivity index (χ1) is 12.9. The van der Waals surface area contributed by atoms with Gasteiger partial charge < -0.3 is 0 Å². The molecule has 0 atom stereocenters. The van der Waals surface area contributed by atoms with Crippen LogP contribution in [0.5, 0.6) is 0 Å². The van der Waals surface area contributed by atoms with Gasteiger partial charge in [-0.15, -0.1) is 0 Å². The number of allylic oxidation sites excluding steroid dienone is 1. The molecule has 0 saturated carbocycles. The summed E-state index contributed by atoms with van der Waals surface area (Å²) in [6.07, 6.45) is 5.48. The normalized spacial score (nSPS) is 11.2. The molecule has 2 aromatic rings. The maximum atomic E-state index is 12.1. The highest BCUT2D eigenvalue weighted by Gasteiger charge is 2.10. The molecule has 0 spiro atoms. The molecule has 7 heteroatoms. The van der Waals surface area contributed by atoms with Gasteiger partial charge in [-0.05, 0) is 54.5 Å². The maximum Gasteiger partial charge on any atom is 0.267 e. The minimum Gasteiger partial charge on any atom is -0.288 e. The first kappa shape index (κ1) is 20.0. The number of nitrogens with one attached hydrogen (secondary N) is 2. The summed E-state index contributed by atoms with van der Waals surface area (Å²) in [5.41, 5.74) is 3.96. The number of aryl methyl sites for hydroxylation is 1. The van der Waals surface area contributed by atoms with Crippen LogP contribution in [0.4, 0.5) is 0 Å². The van der Waals surface area contributed by atoms with Gasteiger partial charge >= 0.3 is 0 Å². The van der Waals surface area contributed by atoms with Crippen LogP contribution >= 0.6 is 0 Å². The molecule has 0 fully saturated rings. The monoisotopic (exact) mass is 382 g/mol. The number of sulfonamides is 1. The second kappa shape index (κ2) is 9.38. The Morgan fingerprint density at radius 1 is 1.15 bits per heavy atom. The van der Waals surface area contributed by atoms with Crippen LogP contribution in [0.1, 0.15) is 16.7 Å². The third-order valence-electron chi connectivity index (χ3n) is 3.45. The molecule has 6 nitrogen and oxygen atoms in total. The van der Waals surface area contributed by atoms with Crippen molar-refractivity contribution >= 4 is 22.0 Å². The summed E-state index contributed by atoms with van der Waals surface area (Å²) < 4.78 is 26.7. The van der Waals surface area contributed by atoms with E-state index in [0.717, 1.165) is 22.8 Å². The Labute approximate surface area is 158 Å². The maximum absolute atomic E-state index is 12.1. The van der Waals surface area contributed by atoms with Gasteiger partial charge in [-0.3, -0.25) is 14.7 Å². The van der Waals surface area contributed by atoms with Crippen LogP contribution in [-0.4, -0.2) is 19.5 Å². The fraction of sp³-hybridized carbons (Fsp3) is 0.0500. The molecule has 138 valence electrons. The Morgan fingerprint density at radius 2 is 1.89 bits per heavy atom. The summed E-state index contributed by atoms with van der Waals surface area (Å²) in [6, 6.07) is 13.6. The largest absolute Gasteiger partial charge is 0.288 e. The quantitative estimate of drug-likeness (QED) is 0.320. The molecule has 0 aliphatic heterocycles. The standard InChI is InChI=1S/C20H18N2O4S/c1-16-15-17(7-5-6-10-20(23)22-24)11-12-18(16)13-14-21-27(25,26)19-8-3-2-4-9-19/h2-4,6,8-15,21,24H,1H3,(H,22,23)/b10-6+,14-13-. The second-order valence-electron chi connectivity index (χ2n) is 5.42. The third kappa shape index (κ3) is 6.15. The molecule has 27 heavy (non-hydrogen) atoms. The molecular formula is C20H18N2O4S. The zero-order valence-electron chi connectivity index (χ0n) is 14.5. The lowest BCUT2D eigenvalue weighted by atomic mass is 10.1. The van der Waals surface area contributed by atoms with Gasteiger partial charge in [0.1, 0.15) is 0 Å². The summed E-state index contributed by atoms with van der Waals surface area (Å²) in [6.45, 7) is 1.88.